The summed E-state index contributed by atoms with van der Waals surface area (Å²) in [6, 6.07) is 23.4. The summed E-state index contributed by atoms with van der Waals surface area (Å²) in [5, 5.41) is 4.85. The first-order valence-electron chi connectivity index (χ1n) is 10.4. The summed E-state index contributed by atoms with van der Waals surface area (Å²) in [4.78, 5) is 21.9. The van der Waals surface area contributed by atoms with Crippen LogP contribution in [0.5, 0.6) is 0 Å². The van der Waals surface area contributed by atoms with Crippen LogP contribution < -0.4 is 5.43 Å². The average molecular weight is 409 g/mol. The molecule has 154 valence electrons. The van der Waals surface area contributed by atoms with Gasteiger partial charge in [0.05, 0.1) is 28.7 Å². The molecular weight excluding hydrogens is 384 g/mol. The number of nitrogens with zero attached hydrogens (tertiary/aromatic N) is 3. The van der Waals surface area contributed by atoms with Crippen molar-refractivity contribution in [3.63, 3.8) is 0 Å². The predicted molar refractivity (Wildman–Crippen MR) is 125 cm³/mol. The molecule has 2 aromatic carbocycles. The molecule has 1 N–H and O–H groups in total. The van der Waals surface area contributed by atoms with Gasteiger partial charge in [-0.2, -0.15) is 5.10 Å². The third-order valence-electron chi connectivity index (χ3n) is 5.40. The first-order chi connectivity index (χ1) is 15.2. The quantitative estimate of drug-likeness (QED) is 0.335. The van der Waals surface area contributed by atoms with Gasteiger partial charge < -0.3 is 0 Å². The Morgan fingerprint density at radius 3 is 2.58 bits per heavy atom. The van der Waals surface area contributed by atoms with Crippen LogP contribution in [0.4, 0.5) is 0 Å². The number of carbonyl (C=O) groups is 1. The molecule has 1 atom stereocenters. The number of hydrogen-bond acceptors (Lipinski definition) is 4. The summed E-state index contributed by atoms with van der Waals surface area (Å²) < 4.78 is 0. The molecule has 31 heavy (non-hydrogen) atoms. The Morgan fingerprint density at radius 2 is 1.84 bits per heavy atom. The molecule has 0 fully saturated rings. The zero-order valence-corrected chi connectivity index (χ0v) is 17.6. The van der Waals surface area contributed by atoms with Gasteiger partial charge in [0.15, 0.2) is 0 Å². The highest BCUT2D eigenvalue weighted by molar-refractivity contribution is 6.07. The van der Waals surface area contributed by atoms with Crippen molar-refractivity contribution in [3.8, 4) is 11.3 Å². The van der Waals surface area contributed by atoms with E-state index in [1.165, 1.54) is 11.8 Å². The van der Waals surface area contributed by atoms with Gasteiger partial charge in [0.25, 0.3) is 5.91 Å². The summed E-state index contributed by atoms with van der Waals surface area (Å²) >= 11 is 0. The van der Waals surface area contributed by atoms with Crippen molar-refractivity contribution in [2.24, 2.45) is 5.10 Å². The molecule has 2 aromatic heterocycles. The van der Waals surface area contributed by atoms with Gasteiger partial charge in [-0.1, -0.05) is 62.4 Å². The molecule has 0 aliphatic carbocycles. The maximum absolute atomic E-state index is 12.9. The Balaban J connectivity index is 1.66. The Kier molecular flexibility index (Phi) is 6.13. The average Bonchev–Trinajstić information content (AvgIpc) is 2.83. The van der Waals surface area contributed by atoms with Crippen molar-refractivity contribution in [1.82, 2.24) is 15.4 Å². The molecule has 0 bridgehead atoms. The van der Waals surface area contributed by atoms with Gasteiger partial charge in [-0.05, 0) is 42.2 Å². The fourth-order valence-electron chi connectivity index (χ4n) is 3.40. The van der Waals surface area contributed by atoms with Gasteiger partial charge in [0, 0.05) is 17.1 Å². The Hall–Kier alpha value is -3.86. The van der Waals surface area contributed by atoms with Crippen molar-refractivity contribution < 1.29 is 4.79 Å². The fourth-order valence-corrected chi connectivity index (χ4v) is 3.40. The van der Waals surface area contributed by atoms with Crippen LogP contribution >= 0.6 is 0 Å². The second kappa shape index (κ2) is 9.30. The summed E-state index contributed by atoms with van der Waals surface area (Å²) in [5.41, 5.74) is 7.62. The minimum absolute atomic E-state index is 0.289. The topological polar surface area (TPSA) is 67.2 Å². The number of hydrogen-bond donors (Lipinski definition) is 1. The highest BCUT2D eigenvalue weighted by atomic mass is 16.2. The lowest BCUT2D eigenvalue weighted by atomic mass is 9.96. The van der Waals surface area contributed by atoms with Crippen LogP contribution in [0.15, 0.2) is 84.1 Å². The van der Waals surface area contributed by atoms with E-state index >= 15 is 0 Å². The molecule has 2 heterocycles. The van der Waals surface area contributed by atoms with Crippen LogP contribution in [-0.4, -0.2) is 22.1 Å². The predicted octanol–water partition coefficient (Wildman–Crippen LogP) is 5.57. The lowest BCUT2D eigenvalue weighted by Crippen LogP contribution is -2.18. The van der Waals surface area contributed by atoms with Gasteiger partial charge >= 0.3 is 0 Å². The van der Waals surface area contributed by atoms with Crippen LogP contribution in [0.25, 0.3) is 22.2 Å². The summed E-state index contributed by atoms with van der Waals surface area (Å²) in [5.74, 6) is 0.222. The number of aromatic nitrogens is 2. The van der Waals surface area contributed by atoms with E-state index in [0.29, 0.717) is 17.2 Å². The molecule has 5 heteroatoms. The van der Waals surface area contributed by atoms with Gasteiger partial charge in [-0.3, -0.25) is 9.78 Å². The standard InChI is InChI=1S/C26H24N4O/c1-3-18(2)19-11-13-20(14-12-19)25-16-23(22-9-4-5-10-24(22)29-25)26(31)30-28-17-21-8-6-7-15-27-21/h4-18H,3H2,1-2H3,(H,30,31). The molecule has 0 saturated carbocycles. The molecule has 5 nitrogen and oxygen atoms in total. The first kappa shape index (κ1) is 20.4. The number of hydrazone groups is 1. The molecule has 4 aromatic rings. The zero-order chi connectivity index (χ0) is 21.6. The number of para-hydroxylation sites is 1. The van der Waals surface area contributed by atoms with E-state index in [1.807, 2.05) is 48.5 Å². The normalized spacial score (nSPS) is 12.2. The monoisotopic (exact) mass is 408 g/mol. The van der Waals surface area contributed by atoms with Crippen molar-refractivity contribution in [1.29, 1.82) is 0 Å². The molecule has 0 radical (unpaired) electrons. The van der Waals surface area contributed by atoms with Gasteiger partial charge in [-0.15, -0.1) is 0 Å². The van der Waals surface area contributed by atoms with E-state index < -0.39 is 0 Å². The molecule has 0 aliphatic rings. The van der Waals surface area contributed by atoms with E-state index in [9.17, 15) is 4.79 Å². The number of nitrogens with one attached hydrogen (secondary N) is 1. The zero-order valence-electron chi connectivity index (χ0n) is 17.6. The van der Waals surface area contributed by atoms with Crippen LogP contribution in [0, 0.1) is 0 Å². The number of amides is 1. The van der Waals surface area contributed by atoms with Gasteiger partial charge in [0.2, 0.25) is 0 Å². The minimum Gasteiger partial charge on any atom is -0.267 e. The maximum atomic E-state index is 12.9. The number of carbonyl (C=O) groups excluding carboxylic acids is 1. The minimum atomic E-state index is -0.289. The van der Waals surface area contributed by atoms with Crippen molar-refractivity contribution >= 4 is 23.0 Å². The van der Waals surface area contributed by atoms with Crippen LogP contribution in [-0.2, 0) is 0 Å². The second-order valence-electron chi connectivity index (χ2n) is 7.46. The van der Waals surface area contributed by atoms with E-state index in [1.54, 1.807) is 6.20 Å². The lowest BCUT2D eigenvalue weighted by molar-refractivity contribution is 0.0956. The lowest BCUT2D eigenvalue weighted by Gasteiger charge is -2.11. The second-order valence-corrected chi connectivity index (χ2v) is 7.46. The summed E-state index contributed by atoms with van der Waals surface area (Å²) in [6.07, 6.45) is 4.30. The number of rotatable bonds is 6. The van der Waals surface area contributed by atoms with E-state index in [-0.39, 0.29) is 5.91 Å². The molecule has 1 amide bonds. The molecule has 4 rings (SSSR count). The number of fused-ring (bicyclic) bond motifs is 1. The third kappa shape index (κ3) is 4.67. The number of pyridine rings is 2. The Morgan fingerprint density at radius 1 is 1.06 bits per heavy atom. The van der Waals surface area contributed by atoms with E-state index in [2.05, 4.69) is 53.6 Å². The van der Waals surface area contributed by atoms with Crippen molar-refractivity contribution in [2.75, 3.05) is 0 Å². The Labute approximate surface area is 181 Å². The van der Waals surface area contributed by atoms with E-state index in [4.69, 9.17) is 4.98 Å². The molecule has 0 saturated heterocycles. The van der Waals surface area contributed by atoms with Crippen molar-refractivity contribution in [3.05, 3.63) is 95.8 Å². The maximum Gasteiger partial charge on any atom is 0.272 e. The first-order valence-corrected chi connectivity index (χ1v) is 10.4. The van der Waals surface area contributed by atoms with Gasteiger partial charge in [0.1, 0.15) is 0 Å². The molecule has 0 aliphatic heterocycles. The summed E-state index contributed by atoms with van der Waals surface area (Å²) in [6.45, 7) is 4.40. The van der Waals surface area contributed by atoms with Crippen LogP contribution in [0.3, 0.4) is 0 Å². The molecular formula is C26H24N4O. The highest BCUT2D eigenvalue weighted by Crippen LogP contribution is 2.27. The smallest absolute Gasteiger partial charge is 0.267 e. The van der Waals surface area contributed by atoms with E-state index in [0.717, 1.165) is 28.6 Å². The van der Waals surface area contributed by atoms with Crippen molar-refractivity contribution in [2.45, 2.75) is 26.2 Å². The molecule has 1 unspecified atom stereocenters. The van der Waals surface area contributed by atoms with Gasteiger partial charge in [-0.25, -0.2) is 10.4 Å². The fraction of sp³-hybridized carbons (Fsp3) is 0.154. The van der Waals surface area contributed by atoms with Crippen LogP contribution in [0.1, 0.15) is 47.8 Å². The summed E-state index contributed by atoms with van der Waals surface area (Å²) in [7, 11) is 0. The number of benzene rings is 2. The van der Waals surface area contributed by atoms with Crippen LogP contribution in [0.2, 0.25) is 0 Å². The third-order valence-corrected chi connectivity index (χ3v) is 5.40. The molecule has 0 spiro atoms. The largest absolute Gasteiger partial charge is 0.272 e. The Bertz CT molecular complexity index is 1220. The SMILES string of the molecule is CCC(C)c1ccc(-c2cc(C(=O)NN=Cc3ccccn3)c3ccccc3n2)cc1. The highest BCUT2D eigenvalue weighted by Gasteiger charge is 2.14.